The highest BCUT2D eigenvalue weighted by Crippen LogP contribution is 2.25. The summed E-state index contributed by atoms with van der Waals surface area (Å²) in [6.07, 6.45) is 1.59. The molecule has 1 heterocycles. The number of nitro benzene ring substituents is 1. The Morgan fingerprint density at radius 3 is 2.59 bits per heavy atom. The van der Waals surface area contributed by atoms with Crippen molar-refractivity contribution >= 4 is 17.3 Å². The van der Waals surface area contributed by atoms with E-state index < -0.39 is 4.92 Å². The van der Waals surface area contributed by atoms with E-state index >= 15 is 0 Å². The first kappa shape index (κ1) is 19.0. The Labute approximate surface area is 159 Å². The molecule has 1 aliphatic heterocycles. The van der Waals surface area contributed by atoms with Crippen molar-refractivity contribution in [2.45, 2.75) is 33.2 Å². The molecular formula is C21H25N3O3. The van der Waals surface area contributed by atoms with E-state index in [9.17, 15) is 14.9 Å². The maximum Gasteiger partial charge on any atom is 0.271 e. The Hall–Kier alpha value is -2.73. The fourth-order valence-corrected chi connectivity index (χ4v) is 3.51. The van der Waals surface area contributed by atoms with Gasteiger partial charge in [0.1, 0.15) is 0 Å². The second-order valence-corrected chi connectivity index (χ2v) is 7.29. The second kappa shape index (κ2) is 8.31. The van der Waals surface area contributed by atoms with E-state index in [1.165, 1.54) is 23.3 Å². The van der Waals surface area contributed by atoms with Gasteiger partial charge in [0.05, 0.1) is 10.6 Å². The van der Waals surface area contributed by atoms with E-state index in [4.69, 9.17) is 0 Å². The number of non-ortho nitro benzene ring substituents is 1. The maximum atomic E-state index is 12.6. The number of nitrogens with one attached hydrogen (secondary N) is 1. The third-order valence-corrected chi connectivity index (χ3v) is 5.14. The van der Waals surface area contributed by atoms with Gasteiger partial charge in [-0.3, -0.25) is 19.8 Å². The summed E-state index contributed by atoms with van der Waals surface area (Å²) in [7, 11) is 0. The number of piperidine rings is 1. The van der Waals surface area contributed by atoms with Crippen molar-refractivity contribution in [1.82, 2.24) is 4.90 Å². The second-order valence-electron chi connectivity index (χ2n) is 7.29. The van der Waals surface area contributed by atoms with Gasteiger partial charge in [0.25, 0.3) is 5.69 Å². The average Bonchev–Trinajstić information content (AvgIpc) is 2.64. The number of hydrogen-bond donors (Lipinski definition) is 1. The molecule has 0 atom stereocenters. The van der Waals surface area contributed by atoms with Gasteiger partial charge in [0.15, 0.2) is 0 Å². The lowest BCUT2D eigenvalue weighted by Gasteiger charge is -2.31. The number of rotatable bonds is 5. The van der Waals surface area contributed by atoms with Crippen molar-refractivity contribution < 1.29 is 9.72 Å². The Bertz CT molecular complexity index is 842. The quantitative estimate of drug-likeness (QED) is 0.639. The van der Waals surface area contributed by atoms with E-state index in [-0.39, 0.29) is 17.5 Å². The molecule has 142 valence electrons. The molecule has 0 saturated carbocycles. The number of nitro groups is 1. The molecule has 3 rings (SSSR count). The Morgan fingerprint density at radius 2 is 1.93 bits per heavy atom. The van der Waals surface area contributed by atoms with Crippen LogP contribution in [0.5, 0.6) is 0 Å². The van der Waals surface area contributed by atoms with E-state index in [0.717, 1.165) is 38.0 Å². The molecule has 1 amide bonds. The molecule has 1 saturated heterocycles. The lowest BCUT2D eigenvalue weighted by molar-refractivity contribution is -0.384. The number of benzene rings is 2. The highest BCUT2D eigenvalue weighted by molar-refractivity contribution is 5.93. The fraction of sp³-hybridized carbons (Fsp3) is 0.381. The molecule has 6 heteroatoms. The van der Waals surface area contributed by atoms with Crippen molar-refractivity contribution in [2.75, 3.05) is 18.4 Å². The SMILES string of the molecule is Cc1cccc(CN2CCC(C(=O)Nc3cc([N+](=O)[O-])ccc3C)CC2)c1. The minimum Gasteiger partial charge on any atom is -0.325 e. The van der Waals surface area contributed by atoms with Crippen LogP contribution in [0.15, 0.2) is 42.5 Å². The number of amides is 1. The first-order valence-electron chi connectivity index (χ1n) is 9.26. The summed E-state index contributed by atoms with van der Waals surface area (Å²) >= 11 is 0. The average molecular weight is 367 g/mol. The highest BCUT2D eigenvalue weighted by atomic mass is 16.6. The van der Waals surface area contributed by atoms with E-state index in [1.54, 1.807) is 6.07 Å². The van der Waals surface area contributed by atoms with E-state index in [0.29, 0.717) is 5.69 Å². The van der Waals surface area contributed by atoms with Gasteiger partial charge in [-0.25, -0.2) is 0 Å². The third kappa shape index (κ3) is 4.92. The molecule has 1 N–H and O–H groups in total. The summed E-state index contributed by atoms with van der Waals surface area (Å²) in [6.45, 7) is 6.58. The minimum absolute atomic E-state index is 0.0103. The van der Waals surface area contributed by atoms with E-state index in [1.807, 2.05) is 6.92 Å². The number of anilines is 1. The number of hydrogen-bond acceptors (Lipinski definition) is 4. The summed E-state index contributed by atoms with van der Waals surface area (Å²) in [4.78, 5) is 25.5. The molecule has 1 fully saturated rings. The van der Waals surface area contributed by atoms with Crippen LogP contribution in [0.25, 0.3) is 0 Å². The molecule has 27 heavy (non-hydrogen) atoms. The van der Waals surface area contributed by atoms with Crippen LogP contribution < -0.4 is 5.32 Å². The molecule has 2 aromatic carbocycles. The first-order valence-corrected chi connectivity index (χ1v) is 9.26. The zero-order chi connectivity index (χ0) is 19.4. The Balaban J connectivity index is 1.56. The van der Waals surface area contributed by atoms with Gasteiger partial charge in [-0.2, -0.15) is 0 Å². The van der Waals surface area contributed by atoms with Crippen LogP contribution in [0.1, 0.15) is 29.5 Å². The van der Waals surface area contributed by atoms with Crippen molar-refractivity contribution in [3.05, 3.63) is 69.3 Å². The van der Waals surface area contributed by atoms with Crippen LogP contribution >= 0.6 is 0 Å². The number of nitrogens with zero attached hydrogens (tertiary/aromatic N) is 2. The molecule has 0 spiro atoms. The lowest BCUT2D eigenvalue weighted by atomic mass is 9.95. The van der Waals surface area contributed by atoms with Crippen molar-refractivity contribution in [3.8, 4) is 0 Å². The summed E-state index contributed by atoms with van der Waals surface area (Å²) in [6, 6.07) is 13.1. The lowest BCUT2D eigenvalue weighted by Crippen LogP contribution is -2.37. The van der Waals surface area contributed by atoms with Crippen LogP contribution in [0.2, 0.25) is 0 Å². The van der Waals surface area contributed by atoms with Crippen LogP contribution in [-0.4, -0.2) is 28.8 Å². The van der Waals surface area contributed by atoms with Crippen molar-refractivity contribution in [3.63, 3.8) is 0 Å². The van der Waals surface area contributed by atoms with Crippen LogP contribution in [0, 0.1) is 29.9 Å². The number of likely N-dealkylation sites (tertiary alicyclic amines) is 1. The molecular weight excluding hydrogens is 342 g/mol. The smallest absolute Gasteiger partial charge is 0.271 e. The van der Waals surface area contributed by atoms with Gasteiger partial charge in [0, 0.05) is 24.6 Å². The molecule has 2 aromatic rings. The molecule has 0 aromatic heterocycles. The number of aryl methyl sites for hydroxylation is 2. The van der Waals surface area contributed by atoms with Crippen LogP contribution in [0.3, 0.4) is 0 Å². The largest absolute Gasteiger partial charge is 0.325 e. The standard InChI is InChI=1S/C21H25N3O3/c1-15-4-3-5-17(12-15)14-23-10-8-18(9-11-23)21(25)22-20-13-19(24(26)27)7-6-16(20)2/h3-7,12-13,18H,8-11,14H2,1-2H3,(H,22,25). The third-order valence-electron chi connectivity index (χ3n) is 5.14. The van der Waals surface area contributed by atoms with Gasteiger partial charge in [-0.15, -0.1) is 0 Å². The Morgan fingerprint density at radius 1 is 1.19 bits per heavy atom. The maximum absolute atomic E-state index is 12.6. The Kier molecular flexibility index (Phi) is 5.86. The van der Waals surface area contributed by atoms with Crippen molar-refractivity contribution in [1.29, 1.82) is 0 Å². The van der Waals surface area contributed by atoms with Gasteiger partial charge >= 0.3 is 0 Å². The van der Waals surface area contributed by atoms with Gasteiger partial charge in [0.2, 0.25) is 5.91 Å². The van der Waals surface area contributed by atoms with E-state index in [2.05, 4.69) is 41.4 Å². The number of carbonyl (C=O) groups excluding carboxylic acids is 1. The predicted octanol–water partition coefficient (Wildman–Crippen LogP) is 4.06. The highest BCUT2D eigenvalue weighted by Gasteiger charge is 2.25. The van der Waals surface area contributed by atoms with Gasteiger partial charge in [-0.05, 0) is 50.9 Å². The molecule has 0 radical (unpaired) electrons. The molecule has 0 unspecified atom stereocenters. The van der Waals surface area contributed by atoms with Gasteiger partial charge in [-0.1, -0.05) is 35.9 Å². The molecule has 6 nitrogen and oxygen atoms in total. The summed E-state index contributed by atoms with van der Waals surface area (Å²) < 4.78 is 0. The van der Waals surface area contributed by atoms with Gasteiger partial charge < -0.3 is 5.32 Å². The molecule has 0 aliphatic carbocycles. The summed E-state index contributed by atoms with van der Waals surface area (Å²) in [5, 5.41) is 13.8. The summed E-state index contributed by atoms with van der Waals surface area (Å²) in [5.41, 5.74) is 3.89. The topological polar surface area (TPSA) is 75.5 Å². The van der Waals surface area contributed by atoms with Crippen LogP contribution in [-0.2, 0) is 11.3 Å². The van der Waals surface area contributed by atoms with Crippen LogP contribution in [0.4, 0.5) is 11.4 Å². The zero-order valence-corrected chi connectivity index (χ0v) is 15.8. The normalized spacial score (nSPS) is 15.5. The summed E-state index contributed by atoms with van der Waals surface area (Å²) in [5.74, 6) is -0.105. The monoisotopic (exact) mass is 367 g/mol. The first-order chi connectivity index (χ1) is 12.9. The number of carbonyl (C=O) groups is 1. The zero-order valence-electron chi connectivity index (χ0n) is 15.8. The minimum atomic E-state index is -0.446. The molecule has 1 aliphatic rings. The van der Waals surface area contributed by atoms with Crippen molar-refractivity contribution in [2.24, 2.45) is 5.92 Å². The predicted molar refractivity (Wildman–Crippen MR) is 106 cm³/mol. The molecule has 0 bridgehead atoms. The fourth-order valence-electron chi connectivity index (χ4n) is 3.51.